The maximum Gasteiger partial charge on any atom is 0.196 e. The van der Waals surface area contributed by atoms with Crippen molar-refractivity contribution in [3.63, 3.8) is 0 Å². The fourth-order valence-electron chi connectivity index (χ4n) is 3.17. The average Bonchev–Trinajstić information content (AvgIpc) is 2.96. The Balaban J connectivity index is 1.82. The number of hydrogen-bond acceptors (Lipinski definition) is 3. The molecule has 0 N–H and O–H groups in total. The number of hydrogen-bond donors (Lipinski definition) is 0. The molecular weight excluding hydrogens is 314 g/mol. The van der Waals surface area contributed by atoms with E-state index in [9.17, 15) is 0 Å². The molecule has 0 fully saturated rings. The van der Waals surface area contributed by atoms with Crippen LogP contribution in [0.25, 0.3) is 16.6 Å². The van der Waals surface area contributed by atoms with Gasteiger partial charge in [-0.05, 0) is 43.5 Å². The van der Waals surface area contributed by atoms with Gasteiger partial charge in [-0.2, -0.15) is 0 Å². The Labute approximate surface area is 145 Å². The Hall–Kier alpha value is -2.33. The molecule has 0 aliphatic heterocycles. The molecule has 0 bridgehead atoms. The van der Waals surface area contributed by atoms with Crippen molar-refractivity contribution in [1.82, 2.24) is 14.6 Å². The van der Waals surface area contributed by atoms with Crippen LogP contribution in [0, 0.1) is 20.8 Å². The van der Waals surface area contributed by atoms with E-state index in [0.717, 1.165) is 16.6 Å². The second-order valence-corrected chi connectivity index (χ2v) is 7.19. The molecule has 0 amide bonds. The van der Waals surface area contributed by atoms with E-state index < -0.39 is 0 Å². The first-order valence-electron chi connectivity index (χ1n) is 8.06. The van der Waals surface area contributed by atoms with Gasteiger partial charge in [0.25, 0.3) is 0 Å². The van der Waals surface area contributed by atoms with Crippen LogP contribution in [0.15, 0.2) is 53.7 Å². The quantitative estimate of drug-likeness (QED) is 0.489. The molecule has 24 heavy (non-hydrogen) atoms. The zero-order chi connectivity index (χ0) is 16.7. The van der Waals surface area contributed by atoms with Crippen molar-refractivity contribution in [3.8, 4) is 0 Å². The van der Waals surface area contributed by atoms with Crippen LogP contribution in [0.1, 0.15) is 22.3 Å². The number of benzene rings is 2. The third kappa shape index (κ3) is 2.57. The Morgan fingerprint density at radius 2 is 1.75 bits per heavy atom. The van der Waals surface area contributed by atoms with Gasteiger partial charge in [0.05, 0.1) is 5.52 Å². The SMILES string of the molecule is Cc1cccc(CSc2nnc3cc(C)c4cccc(C)c4n23)c1. The van der Waals surface area contributed by atoms with E-state index in [4.69, 9.17) is 0 Å². The van der Waals surface area contributed by atoms with Crippen molar-refractivity contribution >= 4 is 28.3 Å². The Morgan fingerprint density at radius 3 is 2.58 bits per heavy atom. The monoisotopic (exact) mass is 333 g/mol. The predicted octanol–water partition coefficient (Wildman–Crippen LogP) is 5.10. The van der Waals surface area contributed by atoms with Crippen LogP contribution < -0.4 is 0 Å². The molecule has 2 aromatic heterocycles. The number of nitrogens with zero attached hydrogens (tertiary/aromatic N) is 3. The van der Waals surface area contributed by atoms with Crippen molar-refractivity contribution in [2.75, 3.05) is 0 Å². The highest BCUT2D eigenvalue weighted by Gasteiger charge is 2.13. The van der Waals surface area contributed by atoms with Crippen LogP contribution in [-0.4, -0.2) is 14.6 Å². The van der Waals surface area contributed by atoms with Gasteiger partial charge in [0.1, 0.15) is 0 Å². The Morgan fingerprint density at radius 1 is 0.917 bits per heavy atom. The summed E-state index contributed by atoms with van der Waals surface area (Å²) in [7, 11) is 0. The topological polar surface area (TPSA) is 30.2 Å². The maximum atomic E-state index is 4.44. The second-order valence-electron chi connectivity index (χ2n) is 6.25. The lowest BCUT2D eigenvalue weighted by Gasteiger charge is -2.10. The van der Waals surface area contributed by atoms with Crippen molar-refractivity contribution in [3.05, 3.63) is 70.8 Å². The van der Waals surface area contributed by atoms with E-state index in [2.05, 4.69) is 83.9 Å². The smallest absolute Gasteiger partial charge is 0.196 e. The van der Waals surface area contributed by atoms with E-state index in [-0.39, 0.29) is 0 Å². The van der Waals surface area contributed by atoms with E-state index >= 15 is 0 Å². The minimum absolute atomic E-state index is 0.893. The first-order chi connectivity index (χ1) is 11.6. The largest absolute Gasteiger partial charge is 0.270 e. The number of aryl methyl sites for hydroxylation is 3. The summed E-state index contributed by atoms with van der Waals surface area (Å²) in [5.74, 6) is 0.893. The molecule has 2 aromatic carbocycles. The summed E-state index contributed by atoms with van der Waals surface area (Å²) >= 11 is 1.74. The highest BCUT2D eigenvalue weighted by Crippen LogP contribution is 2.29. The zero-order valence-electron chi connectivity index (χ0n) is 14.1. The summed E-state index contributed by atoms with van der Waals surface area (Å²) in [5.41, 5.74) is 7.22. The van der Waals surface area contributed by atoms with Crippen LogP contribution in [0.3, 0.4) is 0 Å². The summed E-state index contributed by atoms with van der Waals surface area (Å²) in [5, 5.41) is 11.0. The molecular formula is C20H19N3S. The van der Waals surface area contributed by atoms with Gasteiger partial charge in [-0.1, -0.05) is 59.8 Å². The molecule has 2 heterocycles. The number of thioether (sulfide) groups is 1. The summed E-state index contributed by atoms with van der Waals surface area (Å²) in [6.07, 6.45) is 0. The second kappa shape index (κ2) is 5.95. The zero-order valence-corrected chi connectivity index (χ0v) is 14.9. The highest BCUT2D eigenvalue weighted by molar-refractivity contribution is 7.98. The maximum absolute atomic E-state index is 4.44. The molecule has 3 nitrogen and oxygen atoms in total. The summed E-state index contributed by atoms with van der Waals surface area (Å²) < 4.78 is 2.19. The summed E-state index contributed by atoms with van der Waals surface area (Å²) in [6, 6.07) is 17.2. The molecule has 0 radical (unpaired) electrons. The first kappa shape index (κ1) is 15.2. The van der Waals surface area contributed by atoms with E-state index in [0.29, 0.717) is 0 Å². The molecule has 4 rings (SSSR count). The number of rotatable bonds is 3. The molecule has 0 aliphatic rings. The minimum Gasteiger partial charge on any atom is -0.270 e. The van der Waals surface area contributed by atoms with Crippen molar-refractivity contribution < 1.29 is 0 Å². The predicted molar refractivity (Wildman–Crippen MR) is 101 cm³/mol. The van der Waals surface area contributed by atoms with Crippen molar-refractivity contribution in [1.29, 1.82) is 0 Å². The molecule has 120 valence electrons. The third-order valence-corrected chi connectivity index (χ3v) is 5.34. The molecule has 0 saturated heterocycles. The number of pyridine rings is 1. The average molecular weight is 333 g/mol. The minimum atomic E-state index is 0.893. The molecule has 4 heteroatoms. The summed E-state index contributed by atoms with van der Waals surface area (Å²) in [6.45, 7) is 6.41. The van der Waals surface area contributed by atoms with Gasteiger partial charge in [0.15, 0.2) is 10.8 Å². The number of aromatic nitrogens is 3. The molecule has 0 atom stereocenters. The lowest BCUT2D eigenvalue weighted by atomic mass is 10.1. The van der Waals surface area contributed by atoms with Crippen molar-refractivity contribution in [2.24, 2.45) is 0 Å². The Bertz CT molecular complexity index is 1050. The number of para-hydroxylation sites is 1. The van der Waals surface area contributed by atoms with Gasteiger partial charge >= 0.3 is 0 Å². The summed E-state index contributed by atoms with van der Waals surface area (Å²) in [4.78, 5) is 0. The van der Waals surface area contributed by atoms with Crippen LogP contribution in [0.2, 0.25) is 0 Å². The van der Waals surface area contributed by atoms with E-state index in [1.807, 2.05) is 0 Å². The lowest BCUT2D eigenvalue weighted by Crippen LogP contribution is -1.95. The van der Waals surface area contributed by atoms with Gasteiger partial charge in [-0.15, -0.1) is 10.2 Å². The molecule has 0 spiro atoms. The lowest BCUT2D eigenvalue weighted by molar-refractivity contribution is 0.938. The van der Waals surface area contributed by atoms with Crippen LogP contribution in [0.5, 0.6) is 0 Å². The molecule has 0 unspecified atom stereocenters. The van der Waals surface area contributed by atoms with Gasteiger partial charge in [0, 0.05) is 11.1 Å². The Kier molecular flexibility index (Phi) is 3.77. The van der Waals surface area contributed by atoms with Gasteiger partial charge in [0.2, 0.25) is 0 Å². The van der Waals surface area contributed by atoms with Crippen molar-refractivity contribution in [2.45, 2.75) is 31.7 Å². The fourth-order valence-corrected chi connectivity index (χ4v) is 4.06. The van der Waals surface area contributed by atoms with E-state index in [1.165, 1.54) is 33.2 Å². The first-order valence-corrected chi connectivity index (χ1v) is 9.04. The van der Waals surface area contributed by atoms with Gasteiger partial charge in [-0.3, -0.25) is 4.40 Å². The molecule has 4 aromatic rings. The van der Waals surface area contributed by atoms with Crippen LogP contribution in [0.4, 0.5) is 0 Å². The van der Waals surface area contributed by atoms with Gasteiger partial charge < -0.3 is 0 Å². The highest BCUT2D eigenvalue weighted by atomic mass is 32.2. The van der Waals surface area contributed by atoms with Crippen LogP contribution in [-0.2, 0) is 5.75 Å². The van der Waals surface area contributed by atoms with E-state index in [1.54, 1.807) is 11.8 Å². The fraction of sp³-hybridized carbons (Fsp3) is 0.200. The number of fused-ring (bicyclic) bond motifs is 3. The van der Waals surface area contributed by atoms with Gasteiger partial charge in [-0.25, -0.2) is 0 Å². The van der Waals surface area contributed by atoms with Crippen LogP contribution >= 0.6 is 11.8 Å². The third-order valence-electron chi connectivity index (χ3n) is 4.34. The molecule has 0 aliphatic carbocycles. The standard InChI is InChI=1S/C20H19N3S/c1-13-6-4-8-16(10-13)12-24-20-22-21-18-11-15(3)17-9-5-7-14(2)19(17)23(18)20/h4-11H,12H2,1-3H3. The molecule has 0 saturated carbocycles. The normalized spacial score (nSPS) is 11.5.